The minimum Gasteiger partial charge on any atom is -0.507 e. The summed E-state index contributed by atoms with van der Waals surface area (Å²) < 4.78 is 0. The van der Waals surface area contributed by atoms with E-state index in [1.807, 2.05) is 0 Å². The average molecular weight is 317 g/mol. The minimum atomic E-state index is -0.407. The predicted octanol–water partition coefficient (Wildman–Crippen LogP) is 3.01. The second kappa shape index (κ2) is 6.87. The fraction of sp³-hybridized carbons (Fsp3) is 0.0625. The largest absolute Gasteiger partial charge is 0.507 e. The third-order valence-electron chi connectivity index (χ3n) is 2.91. The van der Waals surface area contributed by atoms with E-state index in [1.165, 1.54) is 31.3 Å². The van der Waals surface area contributed by atoms with Gasteiger partial charge in [-0.3, -0.25) is 9.59 Å². The van der Waals surface area contributed by atoms with Crippen molar-refractivity contribution in [3.05, 3.63) is 64.2 Å². The molecule has 2 aromatic rings. The number of hydrogen-bond acceptors (Lipinski definition) is 4. The van der Waals surface area contributed by atoms with Gasteiger partial charge in [0.25, 0.3) is 5.91 Å². The standard InChI is InChI=1S/C16H13ClN2O3/c1-10(20)12-4-7-15(21)13(8-12)9-18-19-16(22)11-2-5-14(17)6-3-11/h2-9,21H,1H3,(H,19,22)/b18-9+. The lowest BCUT2D eigenvalue weighted by Gasteiger charge is -2.02. The summed E-state index contributed by atoms with van der Waals surface area (Å²) in [6.45, 7) is 1.43. The van der Waals surface area contributed by atoms with Crippen LogP contribution >= 0.6 is 11.6 Å². The summed E-state index contributed by atoms with van der Waals surface area (Å²) in [4.78, 5) is 23.1. The van der Waals surface area contributed by atoms with E-state index in [-0.39, 0.29) is 11.5 Å². The quantitative estimate of drug-likeness (QED) is 0.517. The highest BCUT2D eigenvalue weighted by molar-refractivity contribution is 6.30. The van der Waals surface area contributed by atoms with E-state index in [1.54, 1.807) is 24.3 Å². The summed E-state index contributed by atoms with van der Waals surface area (Å²) in [5.74, 6) is -0.565. The van der Waals surface area contributed by atoms with Crippen LogP contribution in [0.25, 0.3) is 0 Å². The number of phenols is 1. The minimum absolute atomic E-state index is 0.0329. The normalized spacial score (nSPS) is 10.6. The number of benzene rings is 2. The van der Waals surface area contributed by atoms with Gasteiger partial charge in [-0.2, -0.15) is 5.10 Å². The van der Waals surface area contributed by atoms with E-state index in [9.17, 15) is 14.7 Å². The summed E-state index contributed by atoms with van der Waals surface area (Å²) >= 11 is 5.74. The third-order valence-corrected chi connectivity index (χ3v) is 3.16. The van der Waals surface area contributed by atoms with Gasteiger partial charge in [0.05, 0.1) is 6.21 Å². The molecule has 6 heteroatoms. The van der Waals surface area contributed by atoms with Crippen molar-refractivity contribution < 1.29 is 14.7 Å². The molecule has 112 valence electrons. The lowest BCUT2D eigenvalue weighted by Crippen LogP contribution is -2.17. The number of nitrogens with one attached hydrogen (secondary N) is 1. The maximum absolute atomic E-state index is 11.8. The van der Waals surface area contributed by atoms with Crippen molar-refractivity contribution in [2.45, 2.75) is 6.92 Å². The molecular weight excluding hydrogens is 304 g/mol. The number of hydrazone groups is 1. The average Bonchev–Trinajstić information content (AvgIpc) is 2.49. The maximum atomic E-state index is 11.8. The fourth-order valence-corrected chi connectivity index (χ4v) is 1.83. The van der Waals surface area contributed by atoms with Crippen LogP contribution in [-0.2, 0) is 0 Å². The molecule has 0 aliphatic carbocycles. The lowest BCUT2D eigenvalue weighted by molar-refractivity contribution is 0.0954. The van der Waals surface area contributed by atoms with Crippen molar-refractivity contribution >= 4 is 29.5 Å². The molecule has 0 aliphatic rings. The van der Waals surface area contributed by atoms with Crippen molar-refractivity contribution in [2.75, 3.05) is 0 Å². The zero-order valence-electron chi connectivity index (χ0n) is 11.7. The predicted molar refractivity (Wildman–Crippen MR) is 84.6 cm³/mol. The maximum Gasteiger partial charge on any atom is 0.271 e. The molecule has 0 saturated heterocycles. The molecule has 0 fully saturated rings. The molecule has 5 nitrogen and oxygen atoms in total. The highest BCUT2D eigenvalue weighted by Gasteiger charge is 2.05. The van der Waals surface area contributed by atoms with E-state index in [0.29, 0.717) is 21.7 Å². The molecule has 0 aromatic heterocycles. The first-order chi connectivity index (χ1) is 10.5. The molecule has 0 heterocycles. The van der Waals surface area contributed by atoms with Gasteiger partial charge in [-0.1, -0.05) is 11.6 Å². The lowest BCUT2D eigenvalue weighted by atomic mass is 10.1. The van der Waals surface area contributed by atoms with Crippen molar-refractivity contribution in [2.24, 2.45) is 5.10 Å². The number of amides is 1. The van der Waals surface area contributed by atoms with Crippen LogP contribution < -0.4 is 5.43 Å². The number of hydrogen-bond donors (Lipinski definition) is 2. The molecule has 2 N–H and O–H groups in total. The van der Waals surface area contributed by atoms with Crippen LogP contribution in [0.2, 0.25) is 5.02 Å². The molecule has 0 radical (unpaired) electrons. The smallest absolute Gasteiger partial charge is 0.271 e. The zero-order chi connectivity index (χ0) is 16.1. The Balaban J connectivity index is 2.09. The van der Waals surface area contributed by atoms with Gasteiger partial charge in [-0.25, -0.2) is 5.43 Å². The zero-order valence-corrected chi connectivity index (χ0v) is 12.5. The molecule has 0 unspecified atom stereocenters. The van der Waals surface area contributed by atoms with Crippen molar-refractivity contribution in [1.82, 2.24) is 5.43 Å². The Kier molecular flexibility index (Phi) is 4.91. The van der Waals surface area contributed by atoms with E-state index < -0.39 is 5.91 Å². The van der Waals surface area contributed by atoms with Gasteiger partial charge in [0, 0.05) is 21.7 Å². The number of aromatic hydroxyl groups is 1. The van der Waals surface area contributed by atoms with Gasteiger partial charge in [0.2, 0.25) is 0 Å². The Morgan fingerprint density at radius 1 is 1.14 bits per heavy atom. The molecule has 0 atom stereocenters. The number of nitrogens with zero attached hydrogens (tertiary/aromatic N) is 1. The number of rotatable bonds is 4. The number of phenolic OH excluding ortho intramolecular Hbond substituents is 1. The highest BCUT2D eigenvalue weighted by Crippen LogP contribution is 2.17. The van der Waals surface area contributed by atoms with Gasteiger partial charge in [0.15, 0.2) is 5.78 Å². The van der Waals surface area contributed by atoms with Gasteiger partial charge >= 0.3 is 0 Å². The Hall–Kier alpha value is -2.66. The summed E-state index contributed by atoms with van der Waals surface area (Å²) in [6, 6.07) is 10.8. The molecule has 0 saturated carbocycles. The first-order valence-corrected chi connectivity index (χ1v) is 6.78. The van der Waals surface area contributed by atoms with Crippen LogP contribution in [0.3, 0.4) is 0 Å². The van der Waals surface area contributed by atoms with Gasteiger partial charge in [0.1, 0.15) is 5.75 Å². The molecule has 1 amide bonds. The van der Waals surface area contributed by atoms with Crippen LogP contribution in [0.15, 0.2) is 47.6 Å². The third kappa shape index (κ3) is 3.93. The SMILES string of the molecule is CC(=O)c1ccc(O)c(/C=N/NC(=O)c2ccc(Cl)cc2)c1. The van der Waals surface area contributed by atoms with Crippen molar-refractivity contribution in [3.8, 4) is 5.75 Å². The monoisotopic (exact) mass is 316 g/mol. The van der Waals surface area contributed by atoms with Crippen LogP contribution in [-0.4, -0.2) is 23.0 Å². The Labute approximate surface area is 132 Å². The van der Waals surface area contributed by atoms with E-state index >= 15 is 0 Å². The van der Waals surface area contributed by atoms with Gasteiger partial charge in [-0.15, -0.1) is 0 Å². The molecule has 2 rings (SSSR count). The van der Waals surface area contributed by atoms with E-state index in [4.69, 9.17) is 11.6 Å². The molecule has 0 aliphatic heterocycles. The first-order valence-electron chi connectivity index (χ1n) is 6.40. The molecule has 22 heavy (non-hydrogen) atoms. The first kappa shape index (κ1) is 15.7. The topological polar surface area (TPSA) is 78.8 Å². The molecule has 2 aromatic carbocycles. The second-order valence-corrected chi connectivity index (χ2v) is 4.97. The number of ketones is 1. The number of carbonyl (C=O) groups excluding carboxylic acids is 2. The Morgan fingerprint density at radius 3 is 2.41 bits per heavy atom. The molecule has 0 spiro atoms. The van der Waals surface area contributed by atoms with Gasteiger partial charge in [-0.05, 0) is 49.4 Å². The highest BCUT2D eigenvalue weighted by atomic mass is 35.5. The van der Waals surface area contributed by atoms with Crippen LogP contribution in [0, 0.1) is 0 Å². The van der Waals surface area contributed by atoms with Crippen LogP contribution in [0.1, 0.15) is 33.2 Å². The summed E-state index contributed by atoms with van der Waals surface area (Å²) in [7, 11) is 0. The van der Waals surface area contributed by atoms with Crippen molar-refractivity contribution in [3.63, 3.8) is 0 Å². The summed E-state index contributed by atoms with van der Waals surface area (Å²) in [5, 5.41) is 14.0. The van der Waals surface area contributed by atoms with Gasteiger partial charge < -0.3 is 5.11 Å². The van der Waals surface area contributed by atoms with E-state index in [2.05, 4.69) is 10.5 Å². The summed E-state index contributed by atoms with van der Waals surface area (Å²) in [5.41, 5.74) is 3.52. The molecule has 0 bridgehead atoms. The Bertz CT molecular complexity index is 740. The van der Waals surface area contributed by atoms with Crippen molar-refractivity contribution in [1.29, 1.82) is 0 Å². The number of carbonyl (C=O) groups is 2. The van der Waals surface area contributed by atoms with E-state index in [0.717, 1.165) is 0 Å². The Morgan fingerprint density at radius 2 is 1.77 bits per heavy atom. The van der Waals surface area contributed by atoms with Crippen LogP contribution in [0.5, 0.6) is 5.75 Å². The molecular formula is C16H13ClN2O3. The summed E-state index contributed by atoms with van der Waals surface area (Å²) in [6.07, 6.45) is 1.27. The number of Topliss-reactive ketones (excluding diaryl/α,β-unsaturated/α-hetero) is 1. The fourth-order valence-electron chi connectivity index (χ4n) is 1.70. The number of halogens is 1. The van der Waals surface area contributed by atoms with Crippen LogP contribution in [0.4, 0.5) is 0 Å². The second-order valence-electron chi connectivity index (χ2n) is 4.54.